The summed E-state index contributed by atoms with van der Waals surface area (Å²) in [6.07, 6.45) is 1.90. The summed E-state index contributed by atoms with van der Waals surface area (Å²) in [5.74, 6) is -0.0277. The van der Waals surface area contributed by atoms with Gasteiger partial charge in [-0.2, -0.15) is 5.26 Å². The van der Waals surface area contributed by atoms with E-state index in [9.17, 15) is 20.2 Å². The summed E-state index contributed by atoms with van der Waals surface area (Å²) in [5, 5.41) is 21.2. The number of nitrogens with zero attached hydrogens (tertiary/aromatic N) is 2. The van der Waals surface area contributed by atoms with Crippen LogP contribution in [0.5, 0.6) is 23.0 Å². The minimum atomic E-state index is -0.893. The summed E-state index contributed by atoms with van der Waals surface area (Å²) in [6, 6.07) is 17.8. The molecule has 1 atom stereocenters. The molecule has 3 aromatic rings. The molecule has 2 N–H and O–H groups in total. The number of ether oxygens (including phenoxy) is 4. The third-order valence-corrected chi connectivity index (χ3v) is 6.08. The molecule has 1 aliphatic rings. The number of nitro benzene ring substituents is 1. The molecule has 39 heavy (non-hydrogen) atoms. The van der Waals surface area contributed by atoms with Gasteiger partial charge in [-0.05, 0) is 43.2 Å². The summed E-state index contributed by atoms with van der Waals surface area (Å²) in [5.41, 5.74) is 7.15. The molecule has 4 rings (SSSR count). The number of nitrogens with two attached hydrogens (primary N) is 1. The van der Waals surface area contributed by atoms with Gasteiger partial charge in [0.25, 0.3) is 5.69 Å². The number of unbranched alkanes of at least 4 members (excludes halogenated alkanes) is 1. The van der Waals surface area contributed by atoms with Crippen LogP contribution in [0.3, 0.4) is 0 Å². The van der Waals surface area contributed by atoms with Crippen LogP contribution in [0, 0.1) is 21.4 Å². The number of rotatable bonds is 10. The van der Waals surface area contributed by atoms with Gasteiger partial charge in [0, 0.05) is 17.7 Å². The Kier molecular flexibility index (Phi) is 8.31. The van der Waals surface area contributed by atoms with Crippen LogP contribution in [0.4, 0.5) is 5.69 Å². The number of nitriles is 1. The van der Waals surface area contributed by atoms with Crippen molar-refractivity contribution in [3.8, 4) is 29.1 Å². The van der Waals surface area contributed by atoms with E-state index in [2.05, 4.69) is 13.0 Å². The van der Waals surface area contributed by atoms with Crippen molar-refractivity contribution < 1.29 is 28.7 Å². The van der Waals surface area contributed by atoms with E-state index in [1.54, 1.807) is 12.1 Å². The Morgan fingerprint density at radius 3 is 2.62 bits per heavy atom. The smallest absolute Gasteiger partial charge is 0.350 e. The molecular weight excluding hydrogens is 502 g/mol. The highest BCUT2D eigenvalue weighted by Crippen LogP contribution is 2.45. The summed E-state index contributed by atoms with van der Waals surface area (Å²) < 4.78 is 22.9. The molecule has 1 heterocycles. The van der Waals surface area contributed by atoms with Crippen molar-refractivity contribution in [2.24, 2.45) is 5.73 Å². The SMILES string of the molecule is CCCCOc1ccc(C2C(C#N)=C(N)Oc3cc(OC(=O)c4ccccc4[N+](=O)[O-])ccc32)cc1OCC. The lowest BCUT2D eigenvalue weighted by molar-refractivity contribution is -0.385. The molecule has 3 aromatic carbocycles. The molecule has 0 saturated heterocycles. The molecule has 10 nitrogen and oxygen atoms in total. The topological polar surface area (TPSA) is 147 Å². The number of esters is 1. The zero-order chi connectivity index (χ0) is 27.9. The first kappa shape index (κ1) is 27.0. The van der Waals surface area contributed by atoms with E-state index in [4.69, 9.17) is 24.7 Å². The number of hydrogen-bond acceptors (Lipinski definition) is 9. The molecule has 1 aliphatic heterocycles. The van der Waals surface area contributed by atoms with Crippen molar-refractivity contribution in [3.05, 3.63) is 98.9 Å². The standard InChI is InChI=1S/C29H27N3O7/c1-3-5-14-37-24-13-10-18(15-26(24)36-4-2)27-21-12-11-19(16-25(21)39-28(31)22(27)17-30)38-29(33)20-8-6-7-9-23(20)32(34)35/h6-13,15-16,27H,3-5,14,31H2,1-2H3. The maximum atomic E-state index is 12.7. The van der Waals surface area contributed by atoms with E-state index in [-0.39, 0.29) is 34.2 Å². The Labute approximate surface area is 225 Å². The molecule has 10 heteroatoms. The number of benzene rings is 3. The zero-order valence-electron chi connectivity index (χ0n) is 21.5. The van der Waals surface area contributed by atoms with Crippen LogP contribution in [-0.4, -0.2) is 24.1 Å². The Balaban J connectivity index is 1.68. The number of para-hydroxylation sites is 1. The fourth-order valence-corrected chi connectivity index (χ4v) is 4.23. The van der Waals surface area contributed by atoms with Gasteiger partial charge >= 0.3 is 5.97 Å². The number of carbonyl (C=O) groups is 1. The molecule has 0 aliphatic carbocycles. The molecule has 0 saturated carbocycles. The third kappa shape index (κ3) is 5.78. The molecule has 0 amide bonds. The van der Waals surface area contributed by atoms with Crippen LogP contribution >= 0.6 is 0 Å². The first-order valence-corrected chi connectivity index (χ1v) is 12.4. The largest absolute Gasteiger partial charge is 0.490 e. The monoisotopic (exact) mass is 529 g/mol. The van der Waals surface area contributed by atoms with Crippen molar-refractivity contribution in [3.63, 3.8) is 0 Å². The van der Waals surface area contributed by atoms with E-state index in [1.165, 1.54) is 36.4 Å². The van der Waals surface area contributed by atoms with Crippen molar-refractivity contribution in [2.45, 2.75) is 32.6 Å². The Morgan fingerprint density at radius 1 is 1.10 bits per heavy atom. The van der Waals surface area contributed by atoms with Gasteiger partial charge in [0.2, 0.25) is 5.88 Å². The second-order valence-corrected chi connectivity index (χ2v) is 8.63. The van der Waals surface area contributed by atoms with Crippen molar-refractivity contribution in [1.82, 2.24) is 0 Å². The minimum absolute atomic E-state index is 0.0848. The second kappa shape index (κ2) is 12.0. The molecule has 0 radical (unpaired) electrons. The minimum Gasteiger partial charge on any atom is -0.490 e. The van der Waals surface area contributed by atoms with Crippen LogP contribution in [-0.2, 0) is 0 Å². The summed E-state index contributed by atoms with van der Waals surface area (Å²) in [7, 11) is 0. The van der Waals surface area contributed by atoms with Gasteiger partial charge in [0.1, 0.15) is 28.7 Å². The van der Waals surface area contributed by atoms with Crippen LogP contribution in [0.1, 0.15) is 54.1 Å². The average Bonchev–Trinajstić information content (AvgIpc) is 2.93. The molecule has 0 aromatic heterocycles. The average molecular weight is 530 g/mol. The molecule has 0 bridgehead atoms. The normalized spacial score (nSPS) is 14.0. The van der Waals surface area contributed by atoms with Gasteiger partial charge in [-0.3, -0.25) is 10.1 Å². The maximum absolute atomic E-state index is 12.7. The van der Waals surface area contributed by atoms with E-state index in [0.29, 0.717) is 30.3 Å². The molecule has 0 spiro atoms. The summed E-state index contributed by atoms with van der Waals surface area (Å²) in [4.78, 5) is 23.4. The van der Waals surface area contributed by atoms with Crippen LogP contribution in [0.15, 0.2) is 72.1 Å². The Hall–Kier alpha value is -5.04. The Bertz CT molecular complexity index is 1480. The number of fused-ring (bicyclic) bond motifs is 1. The number of carbonyl (C=O) groups excluding carboxylic acids is 1. The lowest BCUT2D eigenvalue weighted by atomic mass is 9.83. The van der Waals surface area contributed by atoms with Gasteiger partial charge in [-0.15, -0.1) is 0 Å². The fourth-order valence-electron chi connectivity index (χ4n) is 4.23. The highest BCUT2D eigenvalue weighted by molar-refractivity contribution is 5.95. The van der Waals surface area contributed by atoms with Gasteiger partial charge in [0.05, 0.1) is 24.1 Å². The molecular formula is C29H27N3O7. The fraction of sp³-hybridized carbons (Fsp3) is 0.241. The maximum Gasteiger partial charge on any atom is 0.350 e. The lowest BCUT2D eigenvalue weighted by Gasteiger charge is -2.27. The number of nitro groups is 1. The van der Waals surface area contributed by atoms with E-state index in [0.717, 1.165) is 18.4 Å². The predicted molar refractivity (Wildman–Crippen MR) is 142 cm³/mol. The predicted octanol–water partition coefficient (Wildman–Crippen LogP) is 5.61. The van der Waals surface area contributed by atoms with Crippen LogP contribution in [0.2, 0.25) is 0 Å². The Morgan fingerprint density at radius 2 is 1.90 bits per heavy atom. The lowest BCUT2D eigenvalue weighted by Crippen LogP contribution is -2.21. The van der Waals surface area contributed by atoms with E-state index >= 15 is 0 Å². The van der Waals surface area contributed by atoms with Gasteiger partial charge in [-0.1, -0.05) is 37.6 Å². The number of hydrogen-bond donors (Lipinski definition) is 1. The molecule has 200 valence electrons. The van der Waals surface area contributed by atoms with Crippen molar-refractivity contribution in [2.75, 3.05) is 13.2 Å². The first-order chi connectivity index (χ1) is 18.9. The van der Waals surface area contributed by atoms with Crippen LogP contribution in [0.25, 0.3) is 0 Å². The highest BCUT2D eigenvalue weighted by atomic mass is 16.6. The molecule has 0 fully saturated rings. The third-order valence-electron chi connectivity index (χ3n) is 6.08. The van der Waals surface area contributed by atoms with Crippen LogP contribution < -0.4 is 24.7 Å². The highest BCUT2D eigenvalue weighted by Gasteiger charge is 2.32. The van der Waals surface area contributed by atoms with E-state index in [1.807, 2.05) is 19.1 Å². The quantitative estimate of drug-likeness (QED) is 0.116. The first-order valence-electron chi connectivity index (χ1n) is 12.4. The molecule has 1 unspecified atom stereocenters. The second-order valence-electron chi connectivity index (χ2n) is 8.63. The number of allylic oxidation sites excluding steroid dienone is 1. The van der Waals surface area contributed by atoms with Gasteiger partial charge in [-0.25, -0.2) is 4.79 Å². The van der Waals surface area contributed by atoms with Gasteiger partial charge < -0.3 is 24.7 Å². The zero-order valence-corrected chi connectivity index (χ0v) is 21.5. The van der Waals surface area contributed by atoms with Crippen molar-refractivity contribution >= 4 is 11.7 Å². The summed E-state index contributed by atoms with van der Waals surface area (Å²) >= 11 is 0. The summed E-state index contributed by atoms with van der Waals surface area (Å²) in [6.45, 7) is 4.93. The van der Waals surface area contributed by atoms with E-state index < -0.39 is 16.8 Å². The van der Waals surface area contributed by atoms with Gasteiger partial charge in [0.15, 0.2) is 11.5 Å². The van der Waals surface area contributed by atoms with Crippen molar-refractivity contribution in [1.29, 1.82) is 5.26 Å².